The van der Waals surface area contributed by atoms with Crippen LogP contribution in [0.3, 0.4) is 0 Å². The molecule has 1 fully saturated rings. The Balaban J connectivity index is 0.00000220. The Morgan fingerprint density at radius 1 is 1.43 bits per heavy atom. The third-order valence-corrected chi connectivity index (χ3v) is 3.94. The maximum Gasteiger partial charge on any atom is 0.251 e. The van der Waals surface area contributed by atoms with Crippen LogP contribution in [0.25, 0.3) is 0 Å². The molecule has 1 aliphatic rings. The Bertz CT molecular complexity index is 485. The topological polar surface area (TPSA) is 64.3 Å². The number of hydrogen-bond acceptors (Lipinski definition) is 3. The standard InChI is InChI=1S/C15H21FN2O2.ClH/c1-20-14-8-10(6-7-12(14)16)15(19)18-13-5-3-2-4-11(13)9-17;/h6-8,11,13H,2-5,9,17H2,1H3,(H,18,19);1H. The van der Waals surface area contributed by atoms with Gasteiger partial charge in [-0.2, -0.15) is 0 Å². The van der Waals surface area contributed by atoms with Gasteiger partial charge in [0.1, 0.15) is 0 Å². The number of benzene rings is 1. The van der Waals surface area contributed by atoms with Gasteiger partial charge in [0.2, 0.25) is 0 Å². The van der Waals surface area contributed by atoms with Gasteiger partial charge >= 0.3 is 0 Å². The molecule has 1 aliphatic carbocycles. The van der Waals surface area contributed by atoms with E-state index in [1.165, 1.54) is 31.7 Å². The van der Waals surface area contributed by atoms with Crippen molar-refractivity contribution in [2.75, 3.05) is 13.7 Å². The van der Waals surface area contributed by atoms with Crippen molar-refractivity contribution >= 4 is 18.3 Å². The molecule has 21 heavy (non-hydrogen) atoms. The number of nitrogens with two attached hydrogens (primary N) is 1. The first-order valence-electron chi connectivity index (χ1n) is 7.00. The summed E-state index contributed by atoms with van der Waals surface area (Å²) in [5, 5.41) is 3.01. The lowest BCUT2D eigenvalue weighted by Gasteiger charge is -2.31. The molecule has 2 unspecified atom stereocenters. The summed E-state index contributed by atoms with van der Waals surface area (Å²) < 4.78 is 18.2. The Labute approximate surface area is 130 Å². The molecule has 1 aromatic carbocycles. The van der Waals surface area contributed by atoms with E-state index in [9.17, 15) is 9.18 Å². The van der Waals surface area contributed by atoms with Crippen LogP contribution in [0.2, 0.25) is 0 Å². The first-order valence-corrected chi connectivity index (χ1v) is 7.00. The molecular formula is C15H22ClFN2O2. The van der Waals surface area contributed by atoms with Crippen molar-refractivity contribution in [2.45, 2.75) is 31.7 Å². The van der Waals surface area contributed by atoms with Crippen LogP contribution in [-0.4, -0.2) is 25.6 Å². The number of amides is 1. The Kier molecular flexibility index (Phi) is 6.92. The minimum Gasteiger partial charge on any atom is -0.494 e. The van der Waals surface area contributed by atoms with E-state index in [0.717, 1.165) is 19.3 Å². The first-order chi connectivity index (χ1) is 9.65. The van der Waals surface area contributed by atoms with Crippen molar-refractivity contribution in [3.05, 3.63) is 29.6 Å². The van der Waals surface area contributed by atoms with Crippen LogP contribution in [0, 0.1) is 11.7 Å². The second-order valence-corrected chi connectivity index (χ2v) is 5.21. The fourth-order valence-electron chi connectivity index (χ4n) is 2.73. The van der Waals surface area contributed by atoms with Crippen LogP contribution in [0.4, 0.5) is 4.39 Å². The fraction of sp³-hybridized carbons (Fsp3) is 0.533. The van der Waals surface area contributed by atoms with Crippen LogP contribution < -0.4 is 15.8 Å². The summed E-state index contributed by atoms with van der Waals surface area (Å²) in [6.07, 6.45) is 4.27. The van der Waals surface area contributed by atoms with Crippen LogP contribution >= 0.6 is 12.4 Å². The maximum atomic E-state index is 13.3. The molecule has 0 aliphatic heterocycles. The Hall–Kier alpha value is -1.33. The zero-order chi connectivity index (χ0) is 14.5. The zero-order valence-corrected chi connectivity index (χ0v) is 12.9. The normalized spacial score (nSPS) is 21.3. The highest BCUT2D eigenvalue weighted by molar-refractivity contribution is 5.94. The number of methoxy groups -OCH3 is 1. The van der Waals surface area contributed by atoms with Gasteiger partial charge in [0, 0.05) is 11.6 Å². The molecule has 0 radical (unpaired) electrons. The second kappa shape index (κ2) is 8.20. The lowest BCUT2D eigenvalue weighted by molar-refractivity contribution is 0.0907. The van der Waals surface area contributed by atoms with E-state index < -0.39 is 5.82 Å². The smallest absolute Gasteiger partial charge is 0.251 e. The van der Waals surface area contributed by atoms with E-state index in [1.54, 1.807) is 0 Å². The monoisotopic (exact) mass is 316 g/mol. The molecule has 3 N–H and O–H groups in total. The summed E-state index contributed by atoms with van der Waals surface area (Å²) in [6.45, 7) is 0.581. The maximum absolute atomic E-state index is 13.3. The molecule has 0 spiro atoms. The molecule has 2 atom stereocenters. The van der Waals surface area contributed by atoms with Gasteiger partial charge in [0.05, 0.1) is 7.11 Å². The number of halogens is 2. The van der Waals surface area contributed by atoms with Crippen LogP contribution in [0.5, 0.6) is 5.75 Å². The molecule has 0 aromatic heterocycles. The summed E-state index contributed by atoms with van der Waals surface area (Å²) in [5.41, 5.74) is 6.16. The van der Waals surface area contributed by atoms with Gasteiger partial charge in [0.25, 0.3) is 5.91 Å². The predicted octanol–water partition coefficient (Wildman–Crippen LogP) is 2.50. The number of carbonyl (C=O) groups excluding carboxylic acids is 1. The van der Waals surface area contributed by atoms with E-state index in [2.05, 4.69) is 5.32 Å². The van der Waals surface area contributed by atoms with Crippen molar-refractivity contribution in [1.82, 2.24) is 5.32 Å². The summed E-state index contributed by atoms with van der Waals surface area (Å²) in [7, 11) is 1.38. The van der Waals surface area contributed by atoms with Crippen molar-refractivity contribution < 1.29 is 13.9 Å². The third kappa shape index (κ3) is 4.32. The lowest BCUT2D eigenvalue weighted by atomic mass is 9.84. The Morgan fingerprint density at radius 3 is 2.81 bits per heavy atom. The summed E-state index contributed by atoms with van der Waals surface area (Å²) in [6, 6.07) is 4.24. The average molecular weight is 317 g/mol. The van der Waals surface area contributed by atoms with E-state index in [4.69, 9.17) is 10.5 Å². The number of hydrogen-bond donors (Lipinski definition) is 2. The predicted molar refractivity (Wildman–Crippen MR) is 82.5 cm³/mol. The molecule has 4 nitrogen and oxygen atoms in total. The highest BCUT2D eigenvalue weighted by atomic mass is 35.5. The fourth-order valence-corrected chi connectivity index (χ4v) is 2.73. The van der Waals surface area contributed by atoms with Gasteiger partial charge in [0.15, 0.2) is 11.6 Å². The minimum absolute atomic E-state index is 0. The molecule has 1 saturated carbocycles. The minimum atomic E-state index is -0.471. The second-order valence-electron chi connectivity index (χ2n) is 5.21. The number of carbonyl (C=O) groups is 1. The van der Waals surface area contributed by atoms with E-state index in [-0.39, 0.29) is 30.1 Å². The molecule has 0 heterocycles. The molecule has 2 rings (SSSR count). The number of nitrogens with one attached hydrogen (secondary N) is 1. The highest BCUT2D eigenvalue weighted by Crippen LogP contribution is 2.24. The van der Waals surface area contributed by atoms with Crippen LogP contribution in [-0.2, 0) is 0 Å². The molecule has 0 saturated heterocycles. The number of ether oxygens (including phenoxy) is 1. The van der Waals surface area contributed by atoms with Gasteiger partial charge in [-0.05, 0) is 43.5 Å². The van der Waals surface area contributed by atoms with Crippen molar-refractivity contribution in [2.24, 2.45) is 11.7 Å². The Morgan fingerprint density at radius 2 is 2.14 bits per heavy atom. The van der Waals surface area contributed by atoms with Crippen LogP contribution in [0.1, 0.15) is 36.0 Å². The highest BCUT2D eigenvalue weighted by Gasteiger charge is 2.25. The van der Waals surface area contributed by atoms with Gasteiger partial charge in [-0.3, -0.25) is 4.79 Å². The quantitative estimate of drug-likeness (QED) is 0.897. The largest absolute Gasteiger partial charge is 0.494 e. The van der Waals surface area contributed by atoms with Crippen molar-refractivity contribution in [3.8, 4) is 5.75 Å². The molecule has 6 heteroatoms. The molecule has 1 amide bonds. The molecule has 1 aromatic rings. The summed E-state index contributed by atoms with van der Waals surface area (Å²) >= 11 is 0. The van der Waals surface area contributed by atoms with Crippen molar-refractivity contribution in [1.29, 1.82) is 0 Å². The first kappa shape index (κ1) is 17.7. The SMILES string of the molecule is COc1cc(C(=O)NC2CCCCC2CN)ccc1F.Cl. The molecule has 0 bridgehead atoms. The average Bonchev–Trinajstić information content (AvgIpc) is 2.48. The summed E-state index contributed by atoms with van der Waals surface area (Å²) in [5.74, 6) is -0.262. The van der Waals surface area contributed by atoms with Crippen molar-refractivity contribution in [3.63, 3.8) is 0 Å². The zero-order valence-electron chi connectivity index (χ0n) is 12.1. The van der Waals surface area contributed by atoms with Gasteiger partial charge in [-0.25, -0.2) is 4.39 Å². The van der Waals surface area contributed by atoms with E-state index in [0.29, 0.717) is 18.0 Å². The molecule has 118 valence electrons. The molecular weight excluding hydrogens is 295 g/mol. The van der Waals surface area contributed by atoms with Gasteiger partial charge < -0.3 is 15.8 Å². The van der Waals surface area contributed by atoms with E-state index in [1.807, 2.05) is 0 Å². The van der Waals surface area contributed by atoms with Crippen LogP contribution in [0.15, 0.2) is 18.2 Å². The van der Waals surface area contributed by atoms with E-state index >= 15 is 0 Å². The summed E-state index contributed by atoms with van der Waals surface area (Å²) in [4.78, 5) is 12.2. The third-order valence-electron chi connectivity index (χ3n) is 3.94. The lowest BCUT2D eigenvalue weighted by Crippen LogP contribution is -2.44. The number of rotatable bonds is 4. The van der Waals surface area contributed by atoms with Gasteiger partial charge in [-0.15, -0.1) is 12.4 Å². The van der Waals surface area contributed by atoms with Gasteiger partial charge in [-0.1, -0.05) is 12.8 Å².